The van der Waals surface area contributed by atoms with Crippen molar-refractivity contribution in [2.45, 2.75) is 46.0 Å². The fraction of sp³-hybridized carbons (Fsp3) is 0.652. The summed E-state index contributed by atoms with van der Waals surface area (Å²) < 4.78 is 0. The molecule has 0 radical (unpaired) electrons. The summed E-state index contributed by atoms with van der Waals surface area (Å²) in [7, 11) is 0. The minimum atomic E-state index is 0.0192. The van der Waals surface area contributed by atoms with Gasteiger partial charge in [0.1, 0.15) is 0 Å². The standard InChI is InChI=1S/C23H35N3O2/c1-18(2)21(16-19-8-4-3-5-9-19)17-24-23(28)26-14-10-20(11-15-26)22(27)25-12-6-7-13-25/h3-5,8-9,18,20-21H,6-7,10-17H2,1-2H3,(H,24,28). The minimum Gasteiger partial charge on any atom is -0.342 e. The molecule has 0 aliphatic carbocycles. The molecule has 0 bridgehead atoms. The molecule has 1 aromatic rings. The van der Waals surface area contributed by atoms with Crippen LogP contribution in [-0.4, -0.2) is 54.5 Å². The van der Waals surface area contributed by atoms with Gasteiger partial charge < -0.3 is 15.1 Å². The molecule has 0 aromatic heterocycles. The van der Waals surface area contributed by atoms with Crippen molar-refractivity contribution in [3.8, 4) is 0 Å². The van der Waals surface area contributed by atoms with Crippen molar-refractivity contribution in [1.82, 2.24) is 15.1 Å². The second-order valence-electron chi connectivity index (χ2n) is 8.67. The average molecular weight is 386 g/mol. The van der Waals surface area contributed by atoms with Crippen molar-refractivity contribution in [2.75, 3.05) is 32.7 Å². The molecule has 2 saturated heterocycles. The van der Waals surface area contributed by atoms with Crippen LogP contribution in [0.15, 0.2) is 30.3 Å². The molecule has 3 amide bonds. The minimum absolute atomic E-state index is 0.0192. The summed E-state index contributed by atoms with van der Waals surface area (Å²) in [5, 5.41) is 3.14. The predicted octanol–water partition coefficient (Wildman–Crippen LogP) is 3.55. The first-order valence-electron chi connectivity index (χ1n) is 10.9. The Morgan fingerprint density at radius 3 is 2.25 bits per heavy atom. The van der Waals surface area contributed by atoms with Crippen molar-refractivity contribution in [2.24, 2.45) is 17.8 Å². The Hall–Kier alpha value is -2.04. The van der Waals surface area contributed by atoms with E-state index in [4.69, 9.17) is 0 Å². The molecular formula is C23H35N3O2. The van der Waals surface area contributed by atoms with E-state index in [-0.39, 0.29) is 11.9 Å². The smallest absolute Gasteiger partial charge is 0.317 e. The quantitative estimate of drug-likeness (QED) is 0.814. The maximum atomic E-state index is 12.6. The van der Waals surface area contributed by atoms with Gasteiger partial charge in [-0.15, -0.1) is 0 Å². The first-order chi connectivity index (χ1) is 13.5. The lowest BCUT2D eigenvalue weighted by Crippen LogP contribution is -2.48. The molecule has 5 nitrogen and oxygen atoms in total. The summed E-state index contributed by atoms with van der Waals surface area (Å²) in [5.41, 5.74) is 1.32. The third kappa shape index (κ3) is 5.49. The van der Waals surface area contributed by atoms with Crippen molar-refractivity contribution < 1.29 is 9.59 Å². The highest BCUT2D eigenvalue weighted by molar-refractivity contribution is 5.80. The first-order valence-corrected chi connectivity index (χ1v) is 10.9. The summed E-state index contributed by atoms with van der Waals surface area (Å²) in [6, 6.07) is 10.5. The summed E-state index contributed by atoms with van der Waals surface area (Å²) >= 11 is 0. The number of benzene rings is 1. The van der Waals surface area contributed by atoms with Gasteiger partial charge in [-0.3, -0.25) is 4.79 Å². The van der Waals surface area contributed by atoms with Crippen LogP contribution in [0.1, 0.15) is 45.1 Å². The zero-order chi connectivity index (χ0) is 19.9. The van der Waals surface area contributed by atoms with Crippen LogP contribution >= 0.6 is 0 Å². The highest BCUT2D eigenvalue weighted by Gasteiger charge is 2.31. The molecule has 0 spiro atoms. The molecule has 1 aromatic carbocycles. The Kier molecular flexibility index (Phi) is 7.35. The third-order valence-electron chi connectivity index (χ3n) is 6.35. The molecule has 1 atom stereocenters. The summed E-state index contributed by atoms with van der Waals surface area (Å²) in [6.45, 7) is 8.32. The number of rotatable bonds is 6. The fourth-order valence-corrected chi connectivity index (χ4v) is 4.32. The van der Waals surface area contributed by atoms with Crippen molar-refractivity contribution in [3.63, 3.8) is 0 Å². The van der Waals surface area contributed by atoms with Crippen molar-refractivity contribution in [1.29, 1.82) is 0 Å². The van der Waals surface area contributed by atoms with E-state index in [1.165, 1.54) is 5.56 Å². The molecule has 2 fully saturated rings. The number of hydrogen-bond donors (Lipinski definition) is 1. The molecule has 2 aliphatic heterocycles. The topological polar surface area (TPSA) is 52.7 Å². The molecule has 154 valence electrons. The number of hydrogen-bond acceptors (Lipinski definition) is 2. The number of urea groups is 1. The number of nitrogens with one attached hydrogen (secondary N) is 1. The maximum Gasteiger partial charge on any atom is 0.317 e. The van der Waals surface area contributed by atoms with E-state index < -0.39 is 0 Å². The van der Waals surface area contributed by atoms with Gasteiger partial charge in [-0.05, 0) is 49.5 Å². The monoisotopic (exact) mass is 385 g/mol. The Bertz CT molecular complexity index is 633. The number of carbonyl (C=O) groups excluding carboxylic acids is 2. The molecule has 28 heavy (non-hydrogen) atoms. The second kappa shape index (κ2) is 9.94. The lowest BCUT2D eigenvalue weighted by atomic mass is 9.89. The van der Waals surface area contributed by atoms with E-state index in [0.29, 0.717) is 37.4 Å². The van der Waals surface area contributed by atoms with E-state index in [1.54, 1.807) is 0 Å². The Morgan fingerprint density at radius 1 is 1.00 bits per heavy atom. The SMILES string of the molecule is CC(C)C(CNC(=O)N1CCC(C(=O)N2CCCC2)CC1)Cc1ccccc1. The average Bonchev–Trinajstić information content (AvgIpc) is 3.26. The summed E-state index contributed by atoms with van der Waals surface area (Å²) in [5.74, 6) is 1.33. The van der Waals surface area contributed by atoms with Crippen LogP contribution < -0.4 is 5.32 Å². The zero-order valence-corrected chi connectivity index (χ0v) is 17.4. The second-order valence-corrected chi connectivity index (χ2v) is 8.67. The number of piperidine rings is 1. The van der Waals surface area contributed by atoms with Gasteiger partial charge in [-0.25, -0.2) is 4.79 Å². The Morgan fingerprint density at radius 2 is 1.64 bits per heavy atom. The van der Waals surface area contributed by atoms with E-state index in [9.17, 15) is 9.59 Å². The van der Waals surface area contributed by atoms with Gasteiger partial charge >= 0.3 is 6.03 Å². The van der Waals surface area contributed by atoms with Crippen LogP contribution in [0, 0.1) is 17.8 Å². The van der Waals surface area contributed by atoms with Gasteiger partial charge in [0.2, 0.25) is 5.91 Å². The predicted molar refractivity (Wildman–Crippen MR) is 112 cm³/mol. The van der Waals surface area contributed by atoms with Crippen LogP contribution in [0.5, 0.6) is 0 Å². The fourth-order valence-electron chi connectivity index (χ4n) is 4.32. The van der Waals surface area contributed by atoms with E-state index in [2.05, 4.69) is 43.4 Å². The van der Waals surface area contributed by atoms with Crippen LogP contribution in [0.2, 0.25) is 0 Å². The van der Waals surface area contributed by atoms with E-state index in [0.717, 1.165) is 45.2 Å². The number of amides is 3. The first kappa shape index (κ1) is 20.7. The van der Waals surface area contributed by atoms with Gasteiger partial charge in [0.05, 0.1) is 0 Å². The van der Waals surface area contributed by atoms with Gasteiger partial charge in [0, 0.05) is 38.6 Å². The largest absolute Gasteiger partial charge is 0.342 e. The normalized spacial score (nSPS) is 19.1. The van der Waals surface area contributed by atoms with E-state index in [1.807, 2.05) is 15.9 Å². The molecule has 1 N–H and O–H groups in total. The number of nitrogens with zero attached hydrogens (tertiary/aromatic N) is 2. The summed E-state index contributed by atoms with van der Waals surface area (Å²) in [6.07, 6.45) is 4.83. The number of carbonyl (C=O) groups is 2. The molecule has 0 saturated carbocycles. The maximum absolute atomic E-state index is 12.6. The lowest BCUT2D eigenvalue weighted by molar-refractivity contribution is -0.135. The van der Waals surface area contributed by atoms with Crippen LogP contribution in [0.3, 0.4) is 0 Å². The zero-order valence-electron chi connectivity index (χ0n) is 17.4. The molecular weight excluding hydrogens is 350 g/mol. The molecule has 2 heterocycles. The van der Waals surface area contributed by atoms with Crippen molar-refractivity contribution in [3.05, 3.63) is 35.9 Å². The Labute approximate surface area is 169 Å². The Balaban J connectivity index is 1.43. The highest BCUT2D eigenvalue weighted by atomic mass is 16.2. The van der Waals surface area contributed by atoms with Gasteiger partial charge in [-0.2, -0.15) is 0 Å². The highest BCUT2D eigenvalue weighted by Crippen LogP contribution is 2.22. The molecule has 3 rings (SSSR count). The molecule has 1 unspecified atom stereocenters. The van der Waals surface area contributed by atoms with Crippen LogP contribution in [0.4, 0.5) is 4.79 Å². The number of likely N-dealkylation sites (tertiary alicyclic amines) is 2. The van der Waals surface area contributed by atoms with Crippen LogP contribution in [-0.2, 0) is 11.2 Å². The van der Waals surface area contributed by atoms with Crippen LogP contribution in [0.25, 0.3) is 0 Å². The van der Waals surface area contributed by atoms with Gasteiger partial charge in [-0.1, -0.05) is 44.2 Å². The van der Waals surface area contributed by atoms with Gasteiger partial charge in [0.25, 0.3) is 0 Å². The molecule has 2 aliphatic rings. The summed E-state index contributed by atoms with van der Waals surface area (Å²) in [4.78, 5) is 29.1. The third-order valence-corrected chi connectivity index (χ3v) is 6.35. The van der Waals surface area contributed by atoms with Crippen molar-refractivity contribution >= 4 is 11.9 Å². The van der Waals surface area contributed by atoms with E-state index >= 15 is 0 Å². The van der Waals surface area contributed by atoms with Gasteiger partial charge in [0.15, 0.2) is 0 Å². The lowest BCUT2D eigenvalue weighted by Gasteiger charge is -2.33. The molecule has 5 heteroatoms.